The summed E-state index contributed by atoms with van der Waals surface area (Å²) in [4.78, 5) is 52.7. The summed E-state index contributed by atoms with van der Waals surface area (Å²) in [5, 5.41) is 5.72. The molecular formula is C30H31FN2O5S. The van der Waals surface area contributed by atoms with Crippen molar-refractivity contribution in [3.63, 3.8) is 0 Å². The van der Waals surface area contributed by atoms with E-state index in [-0.39, 0.29) is 17.3 Å². The van der Waals surface area contributed by atoms with E-state index in [1.165, 1.54) is 29.5 Å². The minimum absolute atomic E-state index is 0.155. The van der Waals surface area contributed by atoms with Crippen LogP contribution in [0.4, 0.5) is 9.39 Å². The van der Waals surface area contributed by atoms with Crippen LogP contribution in [0.1, 0.15) is 69.0 Å². The van der Waals surface area contributed by atoms with Gasteiger partial charge in [0.1, 0.15) is 16.9 Å². The minimum atomic E-state index is -1.09. The average Bonchev–Trinajstić information content (AvgIpc) is 3.28. The Morgan fingerprint density at radius 3 is 2.38 bits per heavy atom. The van der Waals surface area contributed by atoms with Crippen LogP contribution in [0.15, 0.2) is 48.5 Å². The molecule has 1 aliphatic carbocycles. The Balaban J connectivity index is 1.45. The molecule has 1 aliphatic rings. The maximum atomic E-state index is 14.0. The predicted molar refractivity (Wildman–Crippen MR) is 148 cm³/mol. The van der Waals surface area contributed by atoms with Gasteiger partial charge in [-0.2, -0.15) is 0 Å². The third kappa shape index (κ3) is 6.60. The fourth-order valence-electron chi connectivity index (χ4n) is 4.49. The van der Waals surface area contributed by atoms with Crippen LogP contribution >= 0.6 is 11.3 Å². The van der Waals surface area contributed by atoms with Crippen molar-refractivity contribution in [3.8, 4) is 0 Å². The van der Waals surface area contributed by atoms with E-state index in [9.17, 15) is 23.6 Å². The van der Waals surface area contributed by atoms with E-state index >= 15 is 0 Å². The SMILES string of the molecule is Cc1ccc(C(=O)c2c(NC(=O)COC(=O)[C@@H](NC(=O)c3ccccc3F)C(C)C)sc3c2CCCC3)cc1. The number of amides is 2. The maximum absolute atomic E-state index is 14.0. The summed E-state index contributed by atoms with van der Waals surface area (Å²) in [5.74, 6) is -3.40. The molecule has 39 heavy (non-hydrogen) atoms. The lowest BCUT2D eigenvalue weighted by Gasteiger charge is -2.21. The van der Waals surface area contributed by atoms with Gasteiger partial charge in [0.2, 0.25) is 0 Å². The Labute approximate surface area is 230 Å². The fourth-order valence-corrected chi connectivity index (χ4v) is 5.80. The first-order valence-electron chi connectivity index (χ1n) is 12.9. The van der Waals surface area contributed by atoms with Gasteiger partial charge in [0.05, 0.1) is 11.1 Å². The summed E-state index contributed by atoms with van der Waals surface area (Å²) in [6.45, 7) is 4.75. The molecule has 0 saturated heterocycles. The Morgan fingerprint density at radius 2 is 1.69 bits per heavy atom. The molecule has 2 amide bonds. The number of rotatable bonds is 9. The number of benzene rings is 2. The van der Waals surface area contributed by atoms with E-state index in [0.717, 1.165) is 47.8 Å². The number of fused-ring (bicyclic) bond motifs is 1. The van der Waals surface area contributed by atoms with Crippen molar-refractivity contribution in [2.24, 2.45) is 5.92 Å². The van der Waals surface area contributed by atoms with Crippen LogP contribution < -0.4 is 10.6 Å². The normalized spacial score (nSPS) is 13.4. The first kappa shape index (κ1) is 28.2. The highest BCUT2D eigenvalue weighted by Gasteiger charge is 2.29. The molecule has 0 bridgehead atoms. The molecule has 7 nitrogen and oxygen atoms in total. The van der Waals surface area contributed by atoms with Gasteiger partial charge in [-0.05, 0) is 56.2 Å². The van der Waals surface area contributed by atoms with Crippen molar-refractivity contribution in [1.82, 2.24) is 5.32 Å². The molecule has 2 N–H and O–H groups in total. The van der Waals surface area contributed by atoms with Crippen molar-refractivity contribution in [1.29, 1.82) is 0 Å². The molecule has 1 atom stereocenters. The zero-order chi connectivity index (χ0) is 28.1. The molecular weight excluding hydrogens is 519 g/mol. The Morgan fingerprint density at radius 1 is 1.00 bits per heavy atom. The molecule has 1 heterocycles. The fraction of sp³-hybridized carbons (Fsp3) is 0.333. The summed E-state index contributed by atoms with van der Waals surface area (Å²) in [6, 6.07) is 11.7. The highest BCUT2D eigenvalue weighted by molar-refractivity contribution is 7.17. The quantitative estimate of drug-likeness (QED) is 0.280. The topological polar surface area (TPSA) is 102 Å². The molecule has 0 radical (unpaired) electrons. The third-order valence-electron chi connectivity index (χ3n) is 6.64. The number of carbonyl (C=O) groups is 4. The molecule has 0 spiro atoms. The molecule has 1 aromatic heterocycles. The Hall–Kier alpha value is -3.85. The number of aryl methyl sites for hydroxylation is 2. The van der Waals surface area contributed by atoms with E-state index in [1.54, 1.807) is 26.0 Å². The molecule has 204 valence electrons. The lowest BCUT2D eigenvalue weighted by Crippen LogP contribution is -2.46. The number of anilines is 1. The van der Waals surface area contributed by atoms with Gasteiger partial charge in [0, 0.05) is 10.4 Å². The third-order valence-corrected chi connectivity index (χ3v) is 7.84. The summed E-state index contributed by atoms with van der Waals surface area (Å²) in [6.07, 6.45) is 3.60. The monoisotopic (exact) mass is 550 g/mol. The van der Waals surface area contributed by atoms with Crippen molar-refractivity contribution in [3.05, 3.63) is 87.0 Å². The van der Waals surface area contributed by atoms with Crippen LogP contribution in [0.2, 0.25) is 0 Å². The highest BCUT2D eigenvalue weighted by atomic mass is 32.1. The number of carbonyl (C=O) groups excluding carboxylic acids is 4. The van der Waals surface area contributed by atoms with Crippen LogP contribution in [-0.2, 0) is 27.2 Å². The lowest BCUT2D eigenvalue weighted by atomic mass is 9.91. The van der Waals surface area contributed by atoms with Crippen molar-refractivity contribution >= 4 is 39.9 Å². The smallest absolute Gasteiger partial charge is 0.329 e. The predicted octanol–water partition coefficient (Wildman–Crippen LogP) is 5.24. The standard InChI is InChI=1S/C30H31FN2O5S/c1-17(2)26(33-28(36)20-8-4-6-10-22(20)31)30(37)38-16-24(34)32-29-25(21-9-5-7-11-23(21)39-29)27(35)19-14-12-18(3)13-15-19/h4,6,8,10,12-15,17,26H,5,7,9,11,16H2,1-3H3,(H,32,34)(H,33,36)/t26-/m0/s1. The largest absolute Gasteiger partial charge is 0.454 e. The van der Waals surface area contributed by atoms with Gasteiger partial charge in [0.15, 0.2) is 12.4 Å². The molecule has 0 fully saturated rings. The van der Waals surface area contributed by atoms with E-state index in [2.05, 4.69) is 10.6 Å². The van der Waals surface area contributed by atoms with Gasteiger partial charge in [0.25, 0.3) is 11.8 Å². The molecule has 0 unspecified atom stereocenters. The summed E-state index contributed by atoms with van der Waals surface area (Å²) >= 11 is 1.38. The number of ether oxygens (including phenoxy) is 1. The molecule has 2 aromatic carbocycles. The van der Waals surface area contributed by atoms with Crippen molar-refractivity contribution < 1.29 is 28.3 Å². The first-order valence-corrected chi connectivity index (χ1v) is 13.7. The number of hydrogen-bond acceptors (Lipinski definition) is 6. The summed E-state index contributed by atoms with van der Waals surface area (Å²) in [5.41, 5.74) is 2.86. The number of halogens is 1. The minimum Gasteiger partial charge on any atom is -0.454 e. The van der Waals surface area contributed by atoms with E-state index in [1.807, 2.05) is 19.1 Å². The molecule has 0 saturated carbocycles. The number of ketones is 1. The number of hydrogen-bond donors (Lipinski definition) is 2. The van der Waals surface area contributed by atoms with E-state index in [0.29, 0.717) is 16.1 Å². The second kappa shape index (κ2) is 12.3. The maximum Gasteiger partial charge on any atom is 0.329 e. The van der Waals surface area contributed by atoms with Gasteiger partial charge in [-0.25, -0.2) is 9.18 Å². The van der Waals surface area contributed by atoms with Crippen LogP contribution in [0, 0.1) is 18.7 Å². The molecule has 0 aliphatic heterocycles. The lowest BCUT2D eigenvalue weighted by molar-refractivity contribution is -0.150. The van der Waals surface area contributed by atoms with Crippen molar-refractivity contribution in [2.75, 3.05) is 11.9 Å². The number of esters is 1. The zero-order valence-electron chi connectivity index (χ0n) is 22.1. The Kier molecular flexibility index (Phi) is 8.91. The second-order valence-corrected chi connectivity index (χ2v) is 11.0. The molecule has 3 aromatic rings. The first-order chi connectivity index (χ1) is 18.7. The summed E-state index contributed by atoms with van der Waals surface area (Å²) in [7, 11) is 0. The van der Waals surface area contributed by atoms with Gasteiger partial charge >= 0.3 is 5.97 Å². The Bertz CT molecular complexity index is 1400. The summed E-state index contributed by atoms with van der Waals surface area (Å²) < 4.78 is 19.2. The van der Waals surface area contributed by atoms with Crippen LogP contribution in [0.3, 0.4) is 0 Å². The van der Waals surface area contributed by atoms with Gasteiger partial charge in [-0.3, -0.25) is 14.4 Å². The van der Waals surface area contributed by atoms with E-state index in [4.69, 9.17) is 4.74 Å². The van der Waals surface area contributed by atoms with Crippen molar-refractivity contribution in [2.45, 2.75) is 52.5 Å². The van der Waals surface area contributed by atoms with E-state index < -0.39 is 36.2 Å². The zero-order valence-corrected chi connectivity index (χ0v) is 23.0. The van der Waals surface area contributed by atoms with Gasteiger partial charge in [-0.15, -0.1) is 11.3 Å². The van der Waals surface area contributed by atoms with Crippen LogP contribution in [0.5, 0.6) is 0 Å². The second-order valence-electron chi connectivity index (χ2n) is 9.94. The number of nitrogens with one attached hydrogen (secondary N) is 2. The number of thiophene rings is 1. The highest BCUT2D eigenvalue weighted by Crippen LogP contribution is 2.39. The van der Waals surface area contributed by atoms with Gasteiger partial charge < -0.3 is 15.4 Å². The molecule has 9 heteroatoms. The van der Waals surface area contributed by atoms with Crippen LogP contribution in [0.25, 0.3) is 0 Å². The average molecular weight is 551 g/mol. The molecule has 4 rings (SSSR count). The van der Waals surface area contributed by atoms with Gasteiger partial charge in [-0.1, -0.05) is 55.8 Å². The van der Waals surface area contributed by atoms with Crippen LogP contribution in [-0.4, -0.2) is 36.2 Å².